The number of alkyl halides is 3. The third kappa shape index (κ3) is 6.82. The normalized spacial score (nSPS) is 12.0. The van der Waals surface area contributed by atoms with Crippen molar-refractivity contribution in [3.05, 3.63) is 108 Å². The van der Waals surface area contributed by atoms with E-state index in [0.717, 1.165) is 29.5 Å². The first-order valence-corrected chi connectivity index (χ1v) is 12.3. The summed E-state index contributed by atoms with van der Waals surface area (Å²) in [7, 11) is 0. The summed E-state index contributed by atoms with van der Waals surface area (Å²) in [6.45, 7) is 3.30. The molecule has 10 heteroatoms. The molecule has 0 radical (unpaired) electrons. The Bertz CT molecular complexity index is 1530. The molecule has 0 aliphatic rings. The summed E-state index contributed by atoms with van der Waals surface area (Å²) in [6, 6.07) is 18.1. The predicted octanol–water partition coefficient (Wildman–Crippen LogP) is 6.54. The first kappa shape index (κ1) is 28.3. The zero-order valence-corrected chi connectivity index (χ0v) is 21.7. The van der Waals surface area contributed by atoms with Crippen LogP contribution in [-0.2, 0) is 17.5 Å². The highest BCUT2D eigenvalue weighted by Crippen LogP contribution is 2.28. The van der Waals surface area contributed by atoms with E-state index in [1.807, 2.05) is 48.6 Å². The number of imidazole rings is 1. The van der Waals surface area contributed by atoms with Crippen molar-refractivity contribution in [2.24, 2.45) is 0 Å². The van der Waals surface area contributed by atoms with Gasteiger partial charge < -0.3 is 14.4 Å². The maximum absolute atomic E-state index is 13.2. The molecule has 0 fully saturated rings. The Morgan fingerprint density at radius 2 is 1.77 bits per heavy atom. The topological polar surface area (TPSA) is 94.3 Å². The number of aromatic nitrogens is 3. The Hall–Kier alpha value is -4.73. The van der Waals surface area contributed by atoms with Gasteiger partial charge in [0.25, 0.3) is 0 Å². The fourth-order valence-corrected chi connectivity index (χ4v) is 3.79. The SMILES string of the molecule is CC(C)(Oc1cccc(/C=C/CCn2cc(-c3ccccc3)nc2C(=O)c2ccc(C(F)(F)F)nc2)c1)C(=O)O. The molecule has 0 aliphatic heterocycles. The van der Waals surface area contributed by atoms with Crippen LogP contribution < -0.4 is 4.74 Å². The number of nitrogens with zero attached hydrogens (tertiary/aromatic N) is 3. The first-order chi connectivity index (χ1) is 18.9. The van der Waals surface area contributed by atoms with Gasteiger partial charge in [-0.25, -0.2) is 9.78 Å². The summed E-state index contributed by atoms with van der Waals surface area (Å²) in [6.07, 6.45) is 2.27. The van der Waals surface area contributed by atoms with E-state index in [1.165, 1.54) is 13.8 Å². The minimum absolute atomic E-state index is 0.00361. The van der Waals surface area contributed by atoms with E-state index in [9.17, 15) is 27.9 Å². The van der Waals surface area contributed by atoms with Crippen LogP contribution in [0.3, 0.4) is 0 Å². The molecule has 0 atom stereocenters. The maximum atomic E-state index is 13.2. The number of carboxylic acids is 1. The predicted molar refractivity (Wildman–Crippen MR) is 143 cm³/mol. The molecule has 206 valence electrons. The largest absolute Gasteiger partial charge is 0.478 e. The van der Waals surface area contributed by atoms with Crippen molar-refractivity contribution in [3.63, 3.8) is 0 Å². The van der Waals surface area contributed by atoms with Crippen molar-refractivity contribution in [1.29, 1.82) is 0 Å². The van der Waals surface area contributed by atoms with E-state index in [-0.39, 0.29) is 11.4 Å². The van der Waals surface area contributed by atoms with E-state index in [2.05, 4.69) is 9.97 Å². The number of aryl methyl sites for hydroxylation is 1. The molecule has 0 aliphatic carbocycles. The standard InChI is InChI=1S/C30H26F3N3O4/c1-29(2,28(38)39)40-23-13-8-10-20(17-23)9-6-7-16-36-19-24(21-11-4-3-5-12-21)35-27(36)26(37)22-14-15-25(34-18-22)30(31,32)33/h3-6,8-15,17-19H,7,16H2,1-2H3,(H,38,39)/b9-6+. The minimum atomic E-state index is -4.61. The molecule has 0 saturated carbocycles. The number of pyridine rings is 1. The second kappa shape index (κ2) is 11.6. The highest BCUT2D eigenvalue weighted by atomic mass is 19.4. The zero-order chi connectivity index (χ0) is 28.9. The molecule has 2 aromatic heterocycles. The van der Waals surface area contributed by atoms with Crippen molar-refractivity contribution in [2.45, 2.75) is 38.6 Å². The van der Waals surface area contributed by atoms with Gasteiger partial charge in [-0.2, -0.15) is 13.2 Å². The Labute approximate surface area is 228 Å². The van der Waals surface area contributed by atoms with Gasteiger partial charge in [-0.3, -0.25) is 9.78 Å². The molecule has 0 bridgehead atoms. The van der Waals surface area contributed by atoms with Crippen molar-refractivity contribution >= 4 is 17.8 Å². The van der Waals surface area contributed by atoms with Gasteiger partial charge in [-0.05, 0) is 50.1 Å². The molecule has 0 saturated heterocycles. The third-order valence-corrected chi connectivity index (χ3v) is 5.96. The Morgan fingerprint density at radius 3 is 2.42 bits per heavy atom. The molecule has 2 aromatic carbocycles. The number of ketones is 1. The van der Waals surface area contributed by atoms with Crippen molar-refractivity contribution in [1.82, 2.24) is 14.5 Å². The van der Waals surface area contributed by atoms with Crippen LogP contribution in [0.25, 0.3) is 17.3 Å². The van der Waals surface area contributed by atoms with Crippen molar-refractivity contribution in [2.75, 3.05) is 0 Å². The monoisotopic (exact) mass is 549 g/mol. The number of benzene rings is 2. The molecular weight excluding hydrogens is 523 g/mol. The Kier molecular flexibility index (Phi) is 8.18. The lowest BCUT2D eigenvalue weighted by Crippen LogP contribution is -2.37. The zero-order valence-electron chi connectivity index (χ0n) is 21.7. The molecule has 7 nitrogen and oxygen atoms in total. The van der Waals surface area contributed by atoms with Crippen LogP contribution in [-0.4, -0.2) is 37.0 Å². The average Bonchev–Trinajstić information content (AvgIpc) is 3.35. The van der Waals surface area contributed by atoms with Crippen LogP contribution in [0.15, 0.2) is 85.2 Å². The second-order valence-electron chi connectivity index (χ2n) is 9.45. The molecular formula is C30H26F3N3O4. The van der Waals surface area contributed by atoms with Crippen LogP contribution in [0, 0.1) is 0 Å². The van der Waals surface area contributed by atoms with Crippen molar-refractivity contribution in [3.8, 4) is 17.0 Å². The molecule has 1 N–H and O–H groups in total. The number of allylic oxidation sites excluding steroid dienone is 1. The molecule has 4 rings (SSSR count). The summed E-state index contributed by atoms with van der Waals surface area (Å²) < 4.78 is 46.0. The highest BCUT2D eigenvalue weighted by Gasteiger charge is 2.32. The summed E-state index contributed by atoms with van der Waals surface area (Å²) in [5, 5.41) is 9.29. The quantitative estimate of drug-likeness (QED) is 0.226. The Morgan fingerprint density at radius 1 is 1.02 bits per heavy atom. The number of ether oxygens (including phenoxy) is 1. The van der Waals surface area contributed by atoms with Gasteiger partial charge in [0.2, 0.25) is 5.78 Å². The summed E-state index contributed by atoms with van der Waals surface area (Å²) in [5.74, 6) is -1.13. The number of carbonyl (C=O) groups is 2. The van der Waals surface area contributed by atoms with Gasteiger partial charge in [0.1, 0.15) is 11.4 Å². The minimum Gasteiger partial charge on any atom is -0.478 e. The number of hydrogen-bond donors (Lipinski definition) is 1. The molecule has 2 heterocycles. The maximum Gasteiger partial charge on any atom is 0.433 e. The number of hydrogen-bond acceptors (Lipinski definition) is 5. The van der Waals surface area contributed by atoms with E-state index < -0.39 is 29.2 Å². The van der Waals surface area contributed by atoms with Gasteiger partial charge >= 0.3 is 12.1 Å². The lowest BCUT2D eigenvalue weighted by molar-refractivity contribution is -0.152. The lowest BCUT2D eigenvalue weighted by atomic mass is 10.1. The fourth-order valence-electron chi connectivity index (χ4n) is 3.79. The lowest BCUT2D eigenvalue weighted by Gasteiger charge is -2.21. The van der Waals surface area contributed by atoms with Gasteiger partial charge in [0, 0.05) is 30.1 Å². The number of carboxylic acid groups (broad SMARTS) is 1. The number of halogens is 3. The first-order valence-electron chi connectivity index (χ1n) is 12.3. The van der Waals surface area contributed by atoms with Crippen LogP contribution in [0.2, 0.25) is 0 Å². The highest BCUT2D eigenvalue weighted by molar-refractivity contribution is 6.06. The summed E-state index contributed by atoms with van der Waals surface area (Å²) in [4.78, 5) is 32.5. The van der Waals surface area contributed by atoms with Crippen LogP contribution in [0.1, 0.15) is 47.7 Å². The number of aliphatic carboxylic acids is 1. The average molecular weight is 550 g/mol. The summed E-state index contributed by atoms with van der Waals surface area (Å²) in [5.41, 5.74) is -0.330. The van der Waals surface area contributed by atoms with Crippen molar-refractivity contribution < 1.29 is 32.6 Å². The van der Waals surface area contributed by atoms with Crippen LogP contribution in [0.4, 0.5) is 13.2 Å². The van der Waals surface area contributed by atoms with Crippen LogP contribution >= 0.6 is 0 Å². The Balaban J connectivity index is 1.54. The molecule has 0 unspecified atom stereocenters. The molecule has 40 heavy (non-hydrogen) atoms. The van der Waals surface area contributed by atoms with Crippen LogP contribution in [0.5, 0.6) is 5.75 Å². The summed E-state index contributed by atoms with van der Waals surface area (Å²) >= 11 is 0. The van der Waals surface area contributed by atoms with E-state index in [1.54, 1.807) is 29.0 Å². The van der Waals surface area contributed by atoms with E-state index in [0.29, 0.717) is 24.4 Å². The van der Waals surface area contributed by atoms with Gasteiger partial charge in [-0.15, -0.1) is 0 Å². The molecule has 4 aromatic rings. The van der Waals surface area contributed by atoms with Gasteiger partial charge in [0.15, 0.2) is 11.4 Å². The third-order valence-electron chi connectivity index (χ3n) is 5.96. The number of rotatable bonds is 10. The number of carbonyl (C=O) groups excluding carboxylic acids is 1. The second-order valence-corrected chi connectivity index (χ2v) is 9.45. The van der Waals surface area contributed by atoms with Gasteiger partial charge in [0.05, 0.1) is 5.69 Å². The smallest absolute Gasteiger partial charge is 0.433 e. The molecule has 0 amide bonds. The van der Waals surface area contributed by atoms with Gasteiger partial charge in [-0.1, -0.05) is 54.6 Å². The fraction of sp³-hybridized carbons (Fsp3) is 0.200. The molecule has 0 spiro atoms. The van der Waals surface area contributed by atoms with E-state index in [4.69, 9.17) is 4.74 Å². The van der Waals surface area contributed by atoms with E-state index >= 15 is 0 Å².